The second-order valence-electron chi connectivity index (χ2n) is 6.29. The minimum Gasteiger partial charge on any atom is -0.460 e. The summed E-state index contributed by atoms with van der Waals surface area (Å²) in [6.45, 7) is 7.85. The number of alkyl halides is 1. The van der Waals surface area contributed by atoms with Crippen molar-refractivity contribution < 1.29 is 9.53 Å². The van der Waals surface area contributed by atoms with E-state index in [1.54, 1.807) is 0 Å². The third kappa shape index (κ3) is 6.57. The van der Waals surface area contributed by atoms with Crippen molar-refractivity contribution >= 4 is 28.6 Å². The predicted molar refractivity (Wildman–Crippen MR) is 115 cm³/mol. The highest BCUT2D eigenvalue weighted by Crippen LogP contribution is 2.16. The second kappa shape index (κ2) is 11.1. The van der Waals surface area contributed by atoms with E-state index in [1.807, 2.05) is 55.5 Å². The lowest BCUT2D eigenvalue weighted by molar-refractivity contribution is -0.151. The van der Waals surface area contributed by atoms with Gasteiger partial charge in [0, 0.05) is 17.5 Å². The fraction of sp³-hybridized carbons (Fsp3) is 0.318. The summed E-state index contributed by atoms with van der Waals surface area (Å²) in [6.07, 6.45) is 0.703. The van der Waals surface area contributed by atoms with Crippen molar-refractivity contribution in [2.24, 2.45) is 0 Å². The summed E-state index contributed by atoms with van der Waals surface area (Å²) in [5.74, 6) is -0.173. The molecule has 0 radical (unpaired) electrons. The van der Waals surface area contributed by atoms with Crippen LogP contribution in [0.5, 0.6) is 0 Å². The molecule has 0 spiro atoms. The van der Waals surface area contributed by atoms with Crippen LogP contribution in [0.4, 0.5) is 0 Å². The van der Waals surface area contributed by atoms with Gasteiger partial charge in [0.05, 0.1) is 0 Å². The van der Waals surface area contributed by atoms with Crippen LogP contribution in [0.25, 0.3) is 0 Å². The number of nitrogens with zero attached hydrogens (tertiary/aromatic N) is 1. The van der Waals surface area contributed by atoms with Crippen LogP contribution in [-0.2, 0) is 22.7 Å². The molecule has 1 atom stereocenters. The Hall–Kier alpha value is -1.66. The molecule has 0 aliphatic heterocycles. The summed E-state index contributed by atoms with van der Waals surface area (Å²) in [5.41, 5.74) is 3.29. The molecular weight excluding hydrogens is 437 g/mol. The van der Waals surface area contributed by atoms with Crippen molar-refractivity contribution in [2.45, 2.75) is 32.5 Å². The van der Waals surface area contributed by atoms with E-state index < -0.39 is 0 Å². The summed E-state index contributed by atoms with van der Waals surface area (Å²) >= 11 is 2.31. The number of hydrogen-bond acceptors (Lipinski definition) is 3. The summed E-state index contributed by atoms with van der Waals surface area (Å²) in [5, 5.41) is 0. The third-order valence-electron chi connectivity index (χ3n) is 4.17. The fourth-order valence-corrected chi connectivity index (χ4v) is 3.06. The maximum Gasteiger partial charge on any atom is 0.323 e. The van der Waals surface area contributed by atoms with E-state index in [4.69, 9.17) is 4.74 Å². The molecule has 0 aromatic heterocycles. The van der Waals surface area contributed by atoms with Crippen molar-refractivity contribution in [1.29, 1.82) is 0 Å². The predicted octanol–water partition coefficient (Wildman–Crippen LogP) is 5.00. The minimum atomic E-state index is -0.279. The number of carbonyl (C=O) groups excluding carboxylic acids is 1. The van der Waals surface area contributed by atoms with Gasteiger partial charge in [0.1, 0.15) is 12.6 Å². The molecule has 0 aliphatic carbocycles. The minimum absolute atomic E-state index is 0.173. The smallest absolute Gasteiger partial charge is 0.323 e. The fourth-order valence-electron chi connectivity index (χ4n) is 2.82. The molecule has 0 N–H and O–H groups in total. The number of ether oxygens (including phenoxy) is 1. The average molecular weight is 463 g/mol. The summed E-state index contributed by atoms with van der Waals surface area (Å²) in [6, 6.07) is 19.7. The largest absolute Gasteiger partial charge is 0.460 e. The van der Waals surface area contributed by atoms with Crippen LogP contribution in [0, 0.1) is 0 Å². The molecule has 0 saturated carbocycles. The van der Waals surface area contributed by atoms with Crippen LogP contribution in [0.2, 0.25) is 0 Å². The highest BCUT2D eigenvalue weighted by atomic mass is 127. The lowest BCUT2D eigenvalue weighted by Crippen LogP contribution is -2.42. The zero-order chi connectivity index (χ0) is 18.8. The Labute approximate surface area is 170 Å². The maximum atomic E-state index is 12.8. The molecule has 2 aromatic rings. The molecule has 0 bridgehead atoms. The molecule has 3 nitrogen and oxygen atoms in total. The zero-order valence-corrected chi connectivity index (χ0v) is 17.4. The highest BCUT2D eigenvalue weighted by Gasteiger charge is 2.26. The molecule has 0 heterocycles. The normalized spacial score (nSPS) is 12.0. The van der Waals surface area contributed by atoms with Crippen LogP contribution in [-0.4, -0.2) is 27.9 Å². The summed E-state index contributed by atoms with van der Waals surface area (Å²) < 4.78 is 6.48. The number of carbonyl (C=O) groups is 1. The Kier molecular flexibility index (Phi) is 8.85. The van der Waals surface area contributed by atoms with Crippen LogP contribution in [0.1, 0.15) is 24.5 Å². The van der Waals surface area contributed by atoms with Gasteiger partial charge < -0.3 is 4.74 Å². The molecule has 4 heteroatoms. The van der Waals surface area contributed by atoms with E-state index in [0.29, 0.717) is 26.1 Å². The van der Waals surface area contributed by atoms with Crippen LogP contribution in [0.3, 0.4) is 0 Å². The average Bonchev–Trinajstić information content (AvgIpc) is 2.68. The molecule has 0 amide bonds. The van der Waals surface area contributed by atoms with Crippen molar-refractivity contribution in [1.82, 2.24) is 4.90 Å². The second-order valence-corrected chi connectivity index (χ2v) is 7.05. The van der Waals surface area contributed by atoms with Crippen molar-refractivity contribution in [3.05, 3.63) is 83.9 Å². The first-order chi connectivity index (χ1) is 12.6. The van der Waals surface area contributed by atoms with Crippen molar-refractivity contribution in [2.75, 3.05) is 11.0 Å². The lowest BCUT2D eigenvalue weighted by atomic mass is 10.1. The first-order valence-corrected chi connectivity index (χ1v) is 10.4. The molecule has 0 aliphatic rings. The van der Waals surface area contributed by atoms with Gasteiger partial charge in [0.15, 0.2) is 0 Å². The monoisotopic (exact) mass is 463 g/mol. The first-order valence-electron chi connectivity index (χ1n) is 8.85. The van der Waals surface area contributed by atoms with Crippen LogP contribution >= 0.6 is 22.6 Å². The van der Waals surface area contributed by atoms with Gasteiger partial charge in [-0.1, -0.05) is 102 Å². The molecule has 0 fully saturated rings. The quantitative estimate of drug-likeness (QED) is 0.215. The van der Waals surface area contributed by atoms with E-state index in [0.717, 1.165) is 15.6 Å². The Bertz CT molecular complexity index is 688. The van der Waals surface area contributed by atoms with E-state index in [2.05, 4.69) is 46.2 Å². The van der Waals surface area contributed by atoms with Gasteiger partial charge in [-0.3, -0.25) is 9.69 Å². The van der Waals surface area contributed by atoms with Gasteiger partial charge in [-0.2, -0.15) is 0 Å². The molecule has 0 unspecified atom stereocenters. The third-order valence-corrected chi connectivity index (χ3v) is 5.25. The number of rotatable bonds is 10. The topological polar surface area (TPSA) is 29.5 Å². The van der Waals surface area contributed by atoms with Gasteiger partial charge >= 0.3 is 5.97 Å². The standard InChI is InChI=1S/C22H26INO2/c1-3-21(22(25)26-17-20-12-8-5-9-13-20)24(15-18(2)14-23)16-19-10-6-4-7-11-19/h4-13,21H,2-3,14-17H2,1H3/t21-/m0/s1. The van der Waals surface area contributed by atoms with Gasteiger partial charge in [-0.15, -0.1) is 0 Å². The number of esters is 1. The number of hydrogen-bond donors (Lipinski definition) is 0. The Balaban J connectivity index is 2.08. The van der Waals surface area contributed by atoms with Gasteiger partial charge in [0.2, 0.25) is 0 Å². The Morgan fingerprint density at radius 1 is 1.08 bits per heavy atom. The van der Waals surface area contributed by atoms with Crippen LogP contribution in [0.15, 0.2) is 72.8 Å². The Morgan fingerprint density at radius 3 is 2.19 bits per heavy atom. The zero-order valence-electron chi connectivity index (χ0n) is 15.2. The molecule has 2 aromatic carbocycles. The van der Waals surface area contributed by atoms with Crippen LogP contribution < -0.4 is 0 Å². The Morgan fingerprint density at radius 2 is 1.65 bits per heavy atom. The first kappa shape index (κ1) is 20.6. The van der Waals surface area contributed by atoms with E-state index in [-0.39, 0.29) is 12.0 Å². The van der Waals surface area contributed by atoms with Gasteiger partial charge in [0.25, 0.3) is 0 Å². The van der Waals surface area contributed by atoms with E-state index >= 15 is 0 Å². The SMILES string of the molecule is C=C(CI)CN(Cc1ccccc1)[C@@H](CC)C(=O)OCc1ccccc1. The van der Waals surface area contributed by atoms with Gasteiger partial charge in [-0.25, -0.2) is 0 Å². The van der Waals surface area contributed by atoms with E-state index in [9.17, 15) is 4.79 Å². The molecule has 26 heavy (non-hydrogen) atoms. The molecular formula is C22H26INO2. The van der Waals surface area contributed by atoms with Crippen molar-refractivity contribution in [3.8, 4) is 0 Å². The molecule has 138 valence electrons. The number of halogens is 1. The van der Waals surface area contributed by atoms with Crippen molar-refractivity contribution in [3.63, 3.8) is 0 Å². The molecule has 0 saturated heterocycles. The van der Waals surface area contributed by atoms with Gasteiger partial charge in [-0.05, 0) is 17.5 Å². The summed E-state index contributed by atoms with van der Waals surface area (Å²) in [4.78, 5) is 14.9. The lowest BCUT2D eigenvalue weighted by Gasteiger charge is -2.30. The highest BCUT2D eigenvalue weighted by molar-refractivity contribution is 14.1. The summed E-state index contributed by atoms with van der Waals surface area (Å²) in [7, 11) is 0. The maximum absolute atomic E-state index is 12.8. The molecule has 2 rings (SSSR count). The van der Waals surface area contributed by atoms with E-state index in [1.165, 1.54) is 5.56 Å². The number of benzene rings is 2.